The molecule has 10 rings (SSSR count). The van der Waals surface area contributed by atoms with Crippen molar-refractivity contribution in [2.45, 2.75) is 0 Å². The number of fused-ring (bicyclic) bond motifs is 12. The van der Waals surface area contributed by atoms with E-state index in [1.165, 1.54) is 0 Å². The highest BCUT2D eigenvalue weighted by atomic mass is 15.3. The SMILES string of the molecule is c1ccc(-c2ccc3nc4n(c3c2)c2nc3ccc(-c5ccccc5)cc3n2c2nc3ccc(-c5ccccc5)cc3n42)cc1. The van der Waals surface area contributed by atoms with Gasteiger partial charge in [-0.2, -0.15) is 0 Å². The van der Waals surface area contributed by atoms with Gasteiger partial charge in [-0.25, -0.2) is 28.2 Å². The number of nitrogens with zero attached hydrogens (tertiary/aromatic N) is 6. The molecule has 6 nitrogen and oxygen atoms in total. The Morgan fingerprint density at radius 1 is 0.289 bits per heavy atom. The van der Waals surface area contributed by atoms with Crippen molar-refractivity contribution < 1.29 is 0 Å². The molecule has 0 aliphatic rings. The summed E-state index contributed by atoms with van der Waals surface area (Å²) in [5.41, 5.74) is 12.6. The third-order valence-electron chi connectivity index (χ3n) is 8.83. The summed E-state index contributed by atoms with van der Waals surface area (Å²) in [5, 5.41) is 0. The molecule has 210 valence electrons. The smallest absolute Gasteiger partial charge is 0.225 e. The van der Waals surface area contributed by atoms with E-state index < -0.39 is 0 Å². The van der Waals surface area contributed by atoms with Gasteiger partial charge in [0.2, 0.25) is 17.3 Å². The quantitative estimate of drug-likeness (QED) is 0.211. The zero-order valence-corrected chi connectivity index (χ0v) is 24.0. The Labute approximate surface area is 257 Å². The van der Waals surface area contributed by atoms with Crippen molar-refractivity contribution >= 4 is 50.4 Å². The maximum atomic E-state index is 5.22. The summed E-state index contributed by atoms with van der Waals surface area (Å²) in [5.74, 6) is 2.34. The van der Waals surface area contributed by atoms with Gasteiger partial charge in [-0.05, 0) is 69.8 Å². The van der Waals surface area contributed by atoms with Crippen LogP contribution in [0, 0.1) is 0 Å². The van der Waals surface area contributed by atoms with E-state index in [9.17, 15) is 0 Å². The summed E-state index contributed by atoms with van der Waals surface area (Å²) in [7, 11) is 0. The van der Waals surface area contributed by atoms with Crippen LogP contribution in [0.25, 0.3) is 83.8 Å². The normalized spacial score (nSPS) is 12.0. The Kier molecular flexibility index (Phi) is 4.90. The van der Waals surface area contributed by atoms with Gasteiger partial charge in [-0.1, -0.05) is 109 Å². The zero-order chi connectivity index (χ0) is 29.5. The first kappa shape index (κ1) is 24.2. The highest BCUT2D eigenvalue weighted by Crippen LogP contribution is 2.33. The Morgan fingerprint density at radius 3 is 0.867 bits per heavy atom. The van der Waals surface area contributed by atoms with Gasteiger partial charge in [-0.15, -0.1) is 0 Å². The highest BCUT2D eigenvalue weighted by molar-refractivity contribution is 5.94. The van der Waals surface area contributed by atoms with Crippen LogP contribution in [0.2, 0.25) is 0 Å². The largest absolute Gasteiger partial charge is 0.247 e. The van der Waals surface area contributed by atoms with Crippen LogP contribution in [0.5, 0.6) is 0 Å². The Morgan fingerprint density at radius 2 is 0.578 bits per heavy atom. The fourth-order valence-corrected chi connectivity index (χ4v) is 6.66. The third kappa shape index (κ3) is 3.53. The van der Waals surface area contributed by atoms with Crippen molar-refractivity contribution in [3.8, 4) is 33.4 Å². The number of benzene rings is 6. The predicted molar refractivity (Wildman–Crippen MR) is 182 cm³/mol. The van der Waals surface area contributed by atoms with Crippen LogP contribution in [0.1, 0.15) is 0 Å². The lowest BCUT2D eigenvalue weighted by atomic mass is 10.1. The highest BCUT2D eigenvalue weighted by Gasteiger charge is 2.22. The standard InChI is InChI=1S/C39H24N6/c1-4-10-25(11-5-1)28-16-19-31-34(22-28)43-37(40-31)44-36-24-30(27-14-8-3-9-15-27)18-21-33(36)42-39(44)45-35-23-29(26-12-6-2-7-13-26)17-20-32(35)41-38(43)45/h1-24H. The van der Waals surface area contributed by atoms with Crippen LogP contribution >= 0.6 is 0 Å². The Hall–Kier alpha value is -6.27. The van der Waals surface area contributed by atoms with E-state index in [-0.39, 0.29) is 0 Å². The van der Waals surface area contributed by atoms with Gasteiger partial charge in [0.05, 0.1) is 33.1 Å². The maximum absolute atomic E-state index is 5.22. The molecule has 4 heterocycles. The topological polar surface area (TPSA) is 51.9 Å². The monoisotopic (exact) mass is 576 g/mol. The van der Waals surface area contributed by atoms with Gasteiger partial charge in [0.15, 0.2) is 0 Å². The minimum absolute atomic E-state index is 0.781. The van der Waals surface area contributed by atoms with Crippen molar-refractivity contribution in [3.63, 3.8) is 0 Å². The summed E-state index contributed by atoms with van der Waals surface area (Å²) in [6.07, 6.45) is 0. The minimum Gasteiger partial charge on any atom is -0.247 e. The van der Waals surface area contributed by atoms with Crippen molar-refractivity contribution in [2.24, 2.45) is 0 Å². The molecule has 6 aromatic carbocycles. The molecule has 0 fully saturated rings. The molecule has 0 atom stereocenters. The van der Waals surface area contributed by atoms with E-state index in [1.807, 2.05) is 18.2 Å². The lowest BCUT2D eigenvalue weighted by Gasteiger charge is -2.07. The van der Waals surface area contributed by atoms with Crippen LogP contribution < -0.4 is 0 Å². The van der Waals surface area contributed by atoms with Gasteiger partial charge >= 0.3 is 0 Å². The molecular formula is C39H24N6. The molecule has 0 radical (unpaired) electrons. The predicted octanol–water partition coefficient (Wildman–Crippen LogP) is 9.09. The van der Waals surface area contributed by atoms with Gasteiger partial charge in [0.25, 0.3) is 0 Å². The molecule has 0 saturated carbocycles. The summed E-state index contributed by atoms with van der Waals surface area (Å²) in [6, 6.07) is 50.8. The third-order valence-corrected chi connectivity index (χ3v) is 8.83. The first-order valence-electron chi connectivity index (χ1n) is 15.1. The molecule has 4 aromatic heterocycles. The molecular weight excluding hydrogens is 552 g/mol. The van der Waals surface area contributed by atoms with Crippen molar-refractivity contribution in [1.29, 1.82) is 0 Å². The lowest BCUT2D eigenvalue weighted by molar-refractivity contribution is 1.01. The Balaban J connectivity index is 1.38. The molecule has 0 unspecified atom stereocenters. The van der Waals surface area contributed by atoms with E-state index in [2.05, 4.69) is 141 Å². The molecule has 6 heteroatoms. The van der Waals surface area contributed by atoms with Gasteiger partial charge in [-0.3, -0.25) is 0 Å². The minimum atomic E-state index is 0.781. The second-order valence-electron chi connectivity index (χ2n) is 11.5. The molecule has 0 saturated heterocycles. The summed E-state index contributed by atoms with van der Waals surface area (Å²) >= 11 is 0. The van der Waals surface area contributed by atoms with Gasteiger partial charge in [0.1, 0.15) is 0 Å². The summed E-state index contributed by atoms with van der Waals surface area (Å²) in [4.78, 5) is 15.7. The van der Waals surface area contributed by atoms with E-state index in [1.54, 1.807) is 0 Å². The number of rotatable bonds is 3. The first-order valence-corrected chi connectivity index (χ1v) is 15.1. The lowest BCUT2D eigenvalue weighted by Crippen LogP contribution is -2.04. The second kappa shape index (κ2) is 9.11. The average Bonchev–Trinajstić information content (AvgIpc) is 3.79. The molecule has 0 bridgehead atoms. The van der Waals surface area contributed by atoms with E-state index >= 15 is 0 Å². The number of hydrogen-bond acceptors (Lipinski definition) is 3. The molecule has 0 aliphatic heterocycles. The van der Waals surface area contributed by atoms with Crippen molar-refractivity contribution in [2.75, 3.05) is 0 Å². The summed E-state index contributed by atoms with van der Waals surface area (Å²) < 4.78 is 6.56. The van der Waals surface area contributed by atoms with Crippen LogP contribution in [0.3, 0.4) is 0 Å². The molecule has 0 aliphatic carbocycles. The second-order valence-corrected chi connectivity index (χ2v) is 11.5. The summed E-state index contributed by atoms with van der Waals surface area (Å²) in [6.45, 7) is 0. The van der Waals surface area contributed by atoms with Crippen molar-refractivity contribution in [1.82, 2.24) is 28.2 Å². The van der Waals surface area contributed by atoms with Crippen molar-refractivity contribution in [3.05, 3.63) is 146 Å². The number of hydrogen-bond donors (Lipinski definition) is 0. The fraction of sp³-hybridized carbons (Fsp3) is 0. The number of imidazole rings is 3. The van der Waals surface area contributed by atoms with Crippen LogP contribution in [0.15, 0.2) is 146 Å². The molecule has 10 aromatic rings. The maximum Gasteiger partial charge on any atom is 0.225 e. The first-order chi connectivity index (χ1) is 22.3. The van der Waals surface area contributed by atoms with E-state index in [0.717, 1.165) is 83.8 Å². The van der Waals surface area contributed by atoms with Gasteiger partial charge in [0, 0.05) is 0 Å². The molecule has 0 amide bonds. The number of aromatic nitrogens is 6. The average molecular weight is 577 g/mol. The molecule has 0 N–H and O–H groups in total. The van der Waals surface area contributed by atoms with Crippen LogP contribution in [-0.2, 0) is 0 Å². The van der Waals surface area contributed by atoms with E-state index in [0.29, 0.717) is 0 Å². The fourth-order valence-electron chi connectivity index (χ4n) is 6.66. The van der Waals surface area contributed by atoms with Crippen LogP contribution in [0.4, 0.5) is 0 Å². The van der Waals surface area contributed by atoms with Crippen LogP contribution in [-0.4, -0.2) is 28.2 Å². The Bertz CT molecular complexity index is 2400. The van der Waals surface area contributed by atoms with Gasteiger partial charge < -0.3 is 0 Å². The van der Waals surface area contributed by atoms with E-state index in [4.69, 9.17) is 15.0 Å². The zero-order valence-electron chi connectivity index (χ0n) is 24.0. The molecule has 0 spiro atoms. The molecule has 45 heavy (non-hydrogen) atoms.